The molecule has 0 amide bonds. The number of carbonyl (C=O) groups is 1. The molecule has 1 saturated heterocycles. The fourth-order valence-corrected chi connectivity index (χ4v) is 4.20. The summed E-state index contributed by atoms with van der Waals surface area (Å²) in [6, 6.07) is 17.6. The van der Waals surface area contributed by atoms with Crippen LogP contribution in [0.3, 0.4) is 0 Å². The lowest BCUT2D eigenvalue weighted by Gasteiger charge is -2.12. The van der Waals surface area contributed by atoms with Gasteiger partial charge in [-0.2, -0.15) is 0 Å². The van der Waals surface area contributed by atoms with Gasteiger partial charge in [0.2, 0.25) is 0 Å². The minimum absolute atomic E-state index is 0. The van der Waals surface area contributed by atoms with Crippen molar-refractivity contribution in [2.75, 3.05) is 20.2 Å². The Morgan fingerprint density at radius 1 is 1.06 bits per heavy atom. The van der Waals surface area contributed by atoms with Crippen molar-refractivity contribution >= 4 is 29.5 Å². The molecule has 33 heavy (non-hydrogen) atoms. The molecule has 2 atom stereocenters. The molecular formula is C24H22ClFN4O3. The Bertz CT molecular complexity index is 1350. The maximum absolute atomic E-state index is 14.4. The monoisotopic (exact) mass is 468 g/mol. The molecule has 5 rings (SSSR count). The average Bonchev–Trinajstić information content (AvgIpc) is 3.38. The summed E-state index contributed by atoms with van der Waals surface area (Å²) in [6.45, 7) is 0.608. The lowest BCUT2D eigenvalue weighted by molar-refractivity contribution is 0.0600. The number of benzene rings is 2. The van der Waals surface area contributed by atoms with Crippen molar-refractivity contribution in [3.05, 3.63) is 82.9 Å². The third kappa shape index (κ3) is 3.92. The van der Waals surface area contributed by atoms with Gasteiger partial charge in [-0.05, 0) is 47.5 Å². The molecule has 0 saturated carbocycles. The van der Waals surface area contributed by atoms with Crippen molar-refractivity contribution in [2.45, 2.75) is 12.2 Å². The summed E-state index contributed by atoms with van der Waals surface area (Å²) in [6.07, 6.45) is 0.461. The number of aromatic nitrogens is 3. The Balaban J connectivity index is 0.00000259. The zero-order chi connectivity index (χ0) is 22.2. The molecule has 1 aliphatic rings. The normalized spacial score (nSPS) is 17.6. The Labute approximate surface area is 195 Å². The van der Waals surface area contributed by atoms with Crippen molar-refractivity contribution in [3.63, 3.8) is 0 Å². The maximum Gasteiger partial charge on any atom is 0.337 e. The van der Waals surface area contributed by atoms with E-state index in [2.05, 4.69) is 10.3 Å². The van der Waals surface area contributed by atoms with Gasteiger partial charge in [0.05, 0.1) is 29.9 Å². The average molecular weight is 469 g/mol. The molecular weight excluding hydrogens is 447 g/mol. The molecule has 4 aromatic rings. The van der Waals surface area contributed by atoms with Gasteiger partial charge < -0.3 is 10.1 Å². The molecule has 2 aromatic heterocycles. The van der Waals surface area contributed by atoms with E-state index in [1.807, 2.05) is 42.5 Å². The number of rotatable bonds is 4. The van der Waals surface area contributed by atoms with Gasteiger partial charge >= 0.3 is 11.7 Å². The Kier molecular flexibility index (Phi) is 6.31. The second-order valence-electron chi connectivity index (χ2n) is 7.69. The smallest absolute Gasteiger partial charge is 0.337 e. The molecule has 2 aromatic carbocycles. The summed E-state index contributed by atoms with van der Waals surface area (Å²) in [5.74, 6) is -0.385. The van der Waals surface area contributed by atoms with E-state index in [9.17, 15) is 14.0 Å². The van der Waals surface area contributed by atoms with Crippen LogP contribution in [0.25, 0.3) is 28.0 Å². The van der Waals surface area contributed by atoms with Crippen LogP contribution >= 0.6 is 12.4 Å². The fraction of sp³-hybridized carbons (Fsp3) is 0.208. The minimum atomic E-state index is -1.15. The summed E-state index contributed by atoms with van der Waals surface area (Å²) in [4.78, 5) is 29.4. The first-order valence-electron chi connectivity index (χ1n) is 10.3. The van der Waals surface area contributed by atoms with E-state index < -0.39 is 12.2 Å². The number of hydrogen-bond donors (Lipinski definition) is 1. The first-order valence-corrected chi connectivity index (χ1v) is 10.3. The molecule has 1 fully saturated rings. The fourth-order valence-electron chi connectivity index (χ4n) is 4.20. The van der Waals surface area contributed by atoms with E-state index >= 15 is 0 Å². The molecule has 170 valence electrons. The Hall–Kier alpha value is -3.49. The van der Waals surface area contributed by atoms with Gasteiger partial charge in [-0.25, -0.2) is 19.0 Å². The molecule has 7 nitrogen and oxygen atoms in total. The van der Waals surface area contributed by atoms with Gasteiger partial charge in [-0.1, -0.05) is 24.3 Å². The van der Waals surface area contributed by atoms with Crippen LogP contribution < -0.4 is 11.0 Å². The van der Waals surface area contributed by atoms with Crippen molar-refractivity contribution in [1.29, 1.82) is 0 Å². The van der Waals surface area contributed by atoms with Crippen molar-refractivity contribution in [1.82, 2.24) is 19.4 Å². The van der Waals surface area contributed by atoms with Gasteiger partial charge in [0.25, 0.3) is 0 Å². The first-order chi connectivity index (χ1) is 15.6. The molecule has 9 heteroatoms. The summed E-state index contributed by atoms with van der Waals surface area (Å²) >= 11 is 0. The van der Waals surface area contributed by atoms with Gasteiger partial charge in [0.1, 0.15) is 6.17 Å². The summed E-state index contributed by atoms with van der Waals surface area (Å²) < 4.78 is 22.2. The van der Waals surface area contributed by atoms with Gasteiger partial charge in [0.15, 0.2) is 5.65 Å². The van der Waals surface area contributed by atoms with E-state index in [-0.39, 0.29) is 30.6 Å². The highest BCUT2D eigenvalue weighted by molar-refractivity contribution is 5.90. The SMILES string of the molecule is COC(=O)c1ccc(-c2ccc(-n3c(=O)n([C@@H]4CNC[C@H]4F)c4ncccc43)cc2)cc1.Cl. The number of carbonyl (C=O) groups excluding carboxylic acids is 1. The molecule has 3 heterocycles. The van der Waals surface area contributed by atoms with Gasteiger partial charge in [0, 0.05) is 19.3 Å². The van der Waals surface area contributed by atoms with Crippen LogP contribution in [0, 0.1) is 0 Å². The number of fused-ring (bicyclic) bond motifs is 1. The van der Waals surface area contributed by atoms with Gasteiger partial charge in [-0.15, -0.1) is 12.4 Å². The van der Waals surface area contributed by atoms with Crippen LogP contribution in [0.4, 0.5) is 4.39 Å². The van der Waals surface area contributed by atoms with Crippen molar-refractivity contribution in [3.8, 4) is 16.8 Å². The summed E-state index contributed by atoms with van der Waals surface area (Å²) in [7, 11) is 1.35. The highest BCUT2D eigenvalue weighted by Gasteiger charge is 2.32. The van der Waals surface area contributed by atoms with E-state index in [0.717, 1.165) is 11.1 Å². The number of nitrogens with one attached hydrogen (secondary N) is 1. The number of alkyl halides is 1. The Morgan fingerprint density at radius 2 is 1.73 bits per heavy atom. The quantitative estimate of drug-likeness (QED) is 0.463. The zero-order valence-corrected chi connectivity index (χ0v) is 18.6. The van der Waals surface area contributed by atoms with Crippen LogP contribution in [-0.4, -0.2) is 46.5 Å². The van der Waals surface area contributed by atoms with E-state index in [1.54, 1.807) is 29.0 Å². The first kappa shape index (κ1) is 22.7. The predicted octanol–water partition coefficient (Wildman–Crippen LogP) is 3.55. The topological polar surface area (TPSA) is 78.1 Å². The van der Waals surface area contributed by atoms with E-state index in [0.29, 0.717) is 29.0 Å². The number of nitrogens with zero attached hydrogens (tertiary/aromatic N) is 3. The number of methoxy groups -OCH3 is 1. The lowest BCUT2D eigenvalue weighted by atomic mass is 10.0. The highest BCUT2D eigenvalue weighted by atomic mass is 35.5. The molecule has 1 N–H and O–H groups in total. The van der Waals surface area contributed by atoms with Crippen LogP contribution in [0.2, 0.25) is 0 Å². The Morgan fingerprint density at radius 3 is 2.33 bits per heavy atom. The molecule has 0 spiro atoms. The highest BCUT2D eigenvalue weighted by Crippen LogP contribution is 2.26. The molecule has 0 unspecified atom stereocenters. The molecule has 0 radical (unpaired) electrons. The maximum atomic E-state index is 14.4. The van der Waals surface area contributed by atoms with E-state index in [4.69, 9.17) is 4.74 Å². The number of ether oxygens (including phenoxy) is 1. The molecule has 1 aliphatic heterocycles. The van der Waals surface area contributed by atoms with Crippen molar-refractivity contribution < 1.29 is 13.9 Å². The van der Waals surface area contributed by atoms with E-state index in [1.165, 1.54) is 11.7 Å². The molecule has 0 aliphatic carbocycles. The van der Waals surface area contributed by atoms with Crippen LogP contribution in [-0.2, 0) is 4.74 Å². The predicted molar refractivity (Wildman–Crippen MR) is 126 cm³/mol. The number of halogens is 2. The van der Waals surface area contributed by atoms with Crippen molar-refractivity contribution in [2.24, 2.45) is 0 Å². The van der Waals surface area contributed by atoms with Gasteiger partial charge in [-0.3, -0.25) is 9.13 Å². The number of imidazole rings is 1. The van der Waals surface area contributed by atoms with Crippen LogP contribution in [0.15, 0.2) is 71.7 Å². The summed E-state index contributed by atoms with van der Waals surface area (Å²) in [5.41, 5.74) is 3.80. The largest absolute Gasteiger partial charge is 0.465 e. The zero-order valence-electron chi connectivity index (χ0n) is 17.8. The minimum Gasteiger partial charge on any atom is -0.465 e. The summed E-state index contributed by atoms with van der Waals surface area (Å²) in [5, 5.41) is 3.00. The second kappa shape index (κ2) is 9.17. The number of pyridine rings is 1. The molecule has 0 bridgehead atoms. The van der Waals surface area contributed by atoms with Crippen LogP contribution in [0.1, 0.15) is 16.4 Å². The third-order valence-corrected chi connectivity index (χ3v) is 5.84. The number of esters is 1. The lowest BCUT2D eigenvalue weighted by Crippen LogP contribution is -2.31. The number of hydrogen-bond acceptors (Lipinski definition) is 5. The standard InChI is InChI=1S/C24H21FN4O3.ClH/c1-32-23(30)17-6-4-15(5-7-17)16-8-10-18(11-9-16)28-20-3-2-12-27-22(20)29(24(28)31)21-14-26-13-19(21)25;/h2-12,19,21,26H,13-14H2,1H3;1H/t19-,21-;/m1./s1. The third-order valence-electron chi connectivity index (χ3n) is 5.84. The van der Waals surface area contributed by atoms with Crippen LogP contribution in [0.5, 0.6) is 0 Å². The second-order valence-corrected chi connectivity index (χ2v) is 7.69.